The van der Waals surface area contributed by atoms with Crippen LogP contribution in [0.2, 0.25) is 0 Å². The Balaban J connectivity index is 2.26. The van der Waals surface area contributed by atoms with E-state index in [-0.39, 0.29) is 17.1 Å². The number of hydrogen-bond donors (Lipinski definition) is 1. The fourth-order valence-corrected chi connectivity index (χ4v) is 1.80. The van der Waals surface area contributed by atoms with Crippen molar-refractivity contribution in [2.75, 3.05) is 6.86 Å². The van der Waals surface area contributed by atoms with Gasteiger partial charge in [-0.25, -0.2) is 9.37 Å². The summed E-state index contributed by atoms with van der Waals surface area (Å²) >= 11 is 0. The molecule has 3 aromatic heterocycles. The second-order valence-electron chi connectivity index (χ2n) is 3.93. The summed E-state index contributed by atoms with van der Waals surface area (Å²) in [6.07, 6.45) is 3.19. The second kappa shape index (κ2) is 5.04. The van der Waals surface area contributed by atoms with Crippen LogP contribution in [0.15, 0.2) is 41.5 Å². The highest BCUT2D eigenvalue weighted by atomic mass is 19.1. The minimum atomic E-state index is -1.02. The molecular weight excluding hydrogens is 263 g/mol. The maximum Gasteiger partial charge on any atom is 0.249 e. The van der Waals surface area contributed by atoms with Gasteiger partial charge in [-0.05, 0) is 18.2 Å². The zero-order valence-corrected chi connectivity index (χ0v) is 10.2. The molecule has 7 heteroatoms. The van der Waals surface area contributed by atoms with E-state index in [2.05, 4.69) is 19.9 Å². The monoisotopic (exact) mass is 272 g/mol. The van der Waals surface area contributed by atoms with Crippen LogP contribution in [0.3, 0.4) is 0 Å². The molecular formula is C13H9FN4O2. The maximum absolute atomic E-state index is 12.5. The molecule has 0 fully saturated rings. The maximum atomic E-state index is 12.5. The molecule has 6 nitrogen and oxygen atoms in total. The molecule has 0 aliphatic heterocycles. The number of aromatic amines is 1. The highest BCUT2D eigenvalue weighted by molar-refractivity contribution is 5.81. The molecule has 0 radical (unpaired) electrons. The van der Waals surface area contributed by atoms with E-state index in [4.69, 9.17) is 4.74 Å². The number of alkyl halides is 1. The van der Waals surface area contributed by atoms with Crippen LogP contribution in [0, 0.1) is 0 Å². The molecule has 0 aromatic carbocycles. The van der Waals surface area contributed by atoms with E-state index in [0.29, 0.717) is 16.8 Å². The van der Waals surface area contributed by atoms with Crippen LogP contribution in [-0.2, 0) is 0 Å². The first kappa shape index (κ1) is 12.2. The Morgan fingerprint density at radius 3 is 2.90 bits per heavy atom. The Morgan fingerprint density at radius 2 is 2.15 bits per heavy atom. The minimum absolute atomic E-state index is 0.0765. The summed E-state index contributed by atoms with van der Waals surface area (Å²) in [7, 11) is 0. The summed E-state index contributed by atoms with van der Waals surface area (Å²) in [5.74, 6) is 0.378. The van der Waals surface area contributed by atoms with Crippen LogP contribution in [-0.4, -0.2) is 26.8 Å². The van der Waals surface area contributed by atoms with E-state index in [1.54, 1.807) is 24.5 Å². The van der Waals surface area contributed by atoms with Crippen molar-refractivity contribution in [2.45, 2.75) is 0 Å². The van der Waals surface area contributed by atoms with Crippen molar-refractivity contribution in [3.63, 3.8) is 0 Å². The number of ether oxygens (including phenoxy) is 1. The van der Waals surface area contributed by atoms with Gasteiger partial charge < -0.3 is 9.72 Å². The highest BCUT2D eigenvalue weighted by Gasteiger charge is 2.11. The van der Waals surface area contributed by atoms with Gasteiger partial charge in [0.15, 0.2) is 5.82 Å². The lowest BCUT2D eigenvalue weighted by Gasteiger charge is -2.07. The van der Waals surface area contributed by atoms with Crippen molar-refractivity contribution < 1.29 is 9.13 Å². The van der Waals surface area contributed by atoms with Gasteiger partial charge in [0.05, 0.1) is 5.39 Å². The SMILES string of the molecule is O=c1ccc2c(OCF)nc(-c3cccnc3)nc2[nH]1. The molecule has 3 rings (SSSR count). The van der Waals surface area contributed by atoms with Gasteiger partial charge in [0.25, 0.3) is 0 Å². The van der Waals surface area contributed by atoms with E-state index in [0.717, 1.165) is 0 Å². The largest absolute Gasteiger partial charge is 0.445 e. The number of halogens is 1. The number of pyridine rings is 2. The molecule has 1 N–H and O–H groups in total. The molecule has 0 unspecified atom stereocenters. The third kappa shape index (κ3) is 2.20. The highest BCUT2D eigenvalue weighted by Crippen LogP contribution is 2.24. The molecule has 0 aliphatic rings. The van der Waals surface area contributed by atoms with Crippen molar-refractivity contribution in [2.24, 2.45) is 0 Å². The molecule has 0 saturated heterocycles. The lowest BCUT2D eigenvalue weighted by Crippen LogP contribution is -2.07. The summed E-state index contributed by atoms with van der Waals surface area (Å²) in [6, 6.07) is 6.29. The molecule has 0 atom stereocenters. The fourth-order valence-electron chi connectivity index (χ4n) is 1.80. The smallest absolute Gasteiger partial charge is 0.249 e. The van der Waals surface area contributed by atoms with E-state index in [9.17, 15) is 9.18 Å². The Bertz CT molecular complexity index is 804. The van der Waals surface area contributed by atoms with Crippen LogP contribution in [0.25, 0.3) is 22.4 Å². The number of rotatable bonds is 3. The van der Waals surface area contributed by atoms with E-state index >= 15 is 0 Å². The summed E-state index contributed by atoms with van der Waals surface area (Å²) in [6.45, 7) is -1.02. The van der Waals surface area contributed by atoms with Crippen molar-refractivity contribution >= 4 is 11.0 Å². The zero-order chi connectivity index (χ0) is 13.9. The zero-order valence-electron chi connectivity index (χ0n) is 10.2. The summed E-state index contributed by atoms with van der Waals surface area (Å²) in [5.41, 5.74) is 0.622. The molecule has 3 aromatic rings. The first-order valence-electron chi connectivity index (χ1n) is 5.78. The quantitative estimate of drug-likeness (QED) is 0.784. The number of nitrogens with zero attached hydrogens (tertiary/aromatic N) is 3. The van der Waals surface area contributed by atoms with Crippen molar-refractivity contribution in [1.82, 2.24) is 19.9 Å². The number of aromatic nitrogens is 4. The predicted molar refractivity (Wildman–Crippen MR) is 70.0 cm³/mol. The van der Waals surface area contributed by atoms with Gasteiger partial charge in [0.2, 0.25) is 18.3 Å². The van der Waals surface area contributed by atoms with Crippen LogP contribution in [0.1, 0.15) is 0 Å². The predicted octanol–water partition coefficient (Wildman–Crippen LogP) is 1.69. The Kier molecular flexibility index (Phi) is 3.08. The lowest BCUT2D eigenvalue weighted by atomic mass is 10.2. The standard InChI is InChI=1S/C13H9FN4O2/c14-7-20-13-9-3-4-10(19)16-12(9)17-11(18-13)8-2-1-5-15-6-8/h1-6H,7H2,(H,16,17,18,19). The lowest BCUT2D eigenvalue weighted by molar-refractivity contribution is 0.187. The van der Waals surface area contributed by atoms with Gasteiger partial charge in [0.1, 0.15) is 5.65 Å². The van der Waals surface area contributed by atoms with Crippen LogP contribution in [0.5, 0.6) is 5.88 Å². The Hall–Kier alpha value is -2.83. The third-order valence-electron chi connectivity index (χ3n) is 2.66. The molecule has 0 amide bonds. The molecule has 0 aliphatic carbocycles. The first-order chi connectivity index (χ1) is 9.78. The van der Waals surface area contributed by atoms with Gasteiger partial charge >= 0.3 is 0 Å². The molecule has 20 heavy (non-hydrogen) atoms. The van der Waals surface area contributed by atoms with E-state index < -0.39 is 6.86 Å². The molecule has 100 valence electrons. The van der Waals surface area contributed by atoms with Gasteiger partial charge in [-0.2, -0.15) is 4.98 Å². The Labute approximate surface area is 112 Å². The van der Waals surface area contributed by atoms with Crippen molar-refractivity contribution in [3.05, 3.63) is 47.0 Å². The van der Waals surface area contributed by atoms with Gasteiger partial charge in [-0.3, -0.25) is 9.78 Å². The second-order valence-corrected chi connectivity index (χ2v) is 3.93. The number of H-pyrrole nitrogens is 1. The fraction of sp³-hybridized carbons (Fsp3) is 0.0769. The van der Waals surface area contributed by atoms with E-state index in [1.165, 1.54) is 12.1 Å². The van der Waals surface area contributed by atoms with Crippen molar-refractivity contribution in [1.29, 1.82) is 0 Å². The normalized spacial score (nSPS) is 10.7. The number of hydrogen-bond acceptors (Lipinski definition) is 5. The average Bonchev–Trinajstić information content (AvgIpc) is 2.48. The molecule has 0 saturated carbocycles. The Morgan fingerprint density at radius 1 is 1.25 bits per heavy atom. The van der Waals surface area contributed by atoms with Crippen molar-refractivity contribution in [3.8, 4) is 17.3 Å². The van der Waals surface area contributed by atoms with Crippen LogP contribution >= 0.6 is 0 Å². The van der Waals surface area contributed by atoms with E-state index in [1.807, 2.05) is 0 Å². The van der Waals surface area contributed by atoms with Gasteiger partial charge in [-0.15, -0.1) is 0 Å². The summed E-state index contributed by atoms with van der Waals surface area (Å²) in [4.78, 5) is 26.3. The molecule has 3 heterocycles. The van der Waals surface area contributed by atoms with Gasteiger partial charge in [-0.1, -0.05) is 0 Å². The first-order valence-corrected chi connectivity index (χ1v) is 5.78. The molecule has 0 bridgehead atoms. The molecule has 0 spiro atoms. The topological polar surface area (TPSA) is 80.8 Å². The number of fused-ring (bicyclic) bond motifs is 1. The summed E-state index contributed by atoms with van der Waals surface area (Å²) < 4.78 is 17.3. The van der Waals surface area contributed by atoms with Crippen LogP contribution < -0.4 is 10.3 Å². The number of nitrogens with one attached hydrogen (secondary N) is 1. The van der Waals surface area contributed by atoms with Crippen LogP contribution in [0.4, 0.5) is 4.39 Å². The minimum Gasteiger partial charge on any atom is -0.445 e. The average molecular weight is 272 g/mol. The summed E-state index contributed by atoms with van der Waals surface area (Å²) in [5, 5.41) is 0.440. The van der Waals surface area contributed by atoms with Gasteiger partial charge in [0, 0.05) is 24.0 Å². The third-order valence-corrected chi connectivity index (χ3v) is 2.66.